The topological polar surface area (TPSA) is 45.7 Å². The first-order valence-electron chi connectivity index (χ1n) is 7.94. The number of ether oxygens (including phenoxy) is 1. The van der Waals surface area contributed by atoms with Crippen molar-refractivity contribution in [1.82, 2.24) is 10.6 Å². The van der Waals surface area contributed by atoms with E-state index < -0.39 is 0 Å². The molecule has 1 saturated carbocycles. The van der Waals surface area contributed by atoms with Gasteiger partial charge in [-0.15, -0.1) is 24.0 Å². The molecular weight excluding hydrogens is 389 g/mol. The molecule has 0 bridgehead atoms. The average molecular weight is 417 g/mol. The van der Waals surface area contributed by atoms with E-state index in [4.69, 9.17) is 4.74 Å². The van der Waals surface area contributed by atoms with E-state index in [1.807, 2.05) is 19.2 Å². The molecule has 124 valence electrons. The molecule has 1 aliphatic carbocycles. The summed E-state index contributed by atoms with van der Waals surface area (Å²) in [6.07, 6.45) is 6.52. The van der Waals surface area contributed by atoms with Crippen LogP contribution in [-0.4, -0.2) is 32.2 Å². The van der Waals surface area contributed by atoms with Crippen LogP contribution in [0, 0.1) is 6.92 Å². The zero-order valence-corrected chi connectivity index (χ0v) is 15.9. The third-order valence-electron chi connectivity index (χ3n) is 3.85. The second-order valence-corrected chi connectivity index (χ2v) is 5.64. The summed E-state index contributed by atoms with van der Waals surface area (Å²) in [5, 5.41) is 6.81. The first-order valence-corrected chi connectivity index (χ1v) is 7.94. The highest BCUT2D eigenvalue weighted by Gasteiger charge is 2.14. The van der Waals surface area contributed by atoms with Crippen molar-refractivity contribution in [2.75, 3.05) is 20.2 Å². The van der Waals surface area contributed by atoms with E-state index in [2.05, 4.69) is 34.7 Å². The summed E-state index contributed by atoms with van der Waals surface area (Å²) >= 11 is 0. The van der Waals surface area contributed by atoms with Crippen molar-refractivity contribution in [2.24, 2.45) is 4.99 Å². The maximum absolute atomic E-state index is 5.70. The Morgan fingerprint density at radius 3 is 2.50 bits per heavy atom. The van der Waals surface area contributed by atoms with Crippen molar-refractivity contribution in [3.63, 3.8) is 0 Å². The van der Waals surface area contributed by atoms with E-state index in [1.54, 1.807) is 0 Å². The lowest BCUT2D eigenvalue weighted by Crippen LogP contribution is -2.45. The predicted octanol–water partition coefficient (Wildman–Crippen LogP) is 3.49. The average Bonchev–Trinajstić information content (AvgIpc) is 2.53. The lowest BCUT2D eigenvalue weighted by atomic mass is 9.96. The van der Waals surface area contributed by atoms with E-state index in [0.29, 0.717) is 12.6 Å². The van der Waals surface area contributed by atoms with E-state index in [-0.39, 0.29) is 24.0 Å². The Bertz CT molecular complexity index is 442. The number of nitrogens with zero attached hydrogens (tertiary/aromatic N) is 1. The van der Waals surface area contributed by atoms with Gasteiger partial charge in [0.15, 0.2) is 5.96 Å². The smallest absolute Gasteiger partial charge is 0.191 e. The van der Waals surface area contributed by atoms with Crippen LogP contribution in [-0.2, 0) is 0 Å². The fraction of sp³-hybridized carbons (Fsp3) is 0.588. The van der Waals surface area contributed by atoms with Gasteiger partial charge in [-0.2, -0.15) is 0 Å². The minimum Gasteiger partial charge on any atom is -0.492 e. The van der Waals surface area contributed by atoms with Crippen LogP contribution in [0.15, 0.2) is 29.3 Å². The molecule has 0 amide bonds. The van der Waals surface area contributed by atoms with Crippen molar-refractivity contribution in [1.29, 1.82) is 0 Å². The molecule has 0 radical (unpaired) electrons. The molecule has 0 unspecified atom stereocenters. The zero-order valence-electron chi connectivity index (χ0n) is 13.6. The highest BCUT2D eigenvalue weighted by molar-refractivity contribution is 14.0. The Morgan fingerprint density at radius 1 is 1.18 bits per heavy atom. The van der Waals surface area contributed by atoms with Gasteiger partial charge in [0.05, 0.1) is 6.54 Å². The Morgan fingerprint density at radius 2 is 1.86 bits per heavy atom. The van der Waals surface area contributed by atoms with Crippen molar-refractivity contribution in [2.45, 2.75) is 45.1 Å². The molecular formula is C17H28IN3O. The predicted molar refractivity (Wildman–Crippen MR) is 103 cm³/mol. The standard InChI is InChI=1S/C17H27N3O.HI/c1-14-8-10-16(11-9-14)21-13-12-19-17(18-2)20-15-6-4-3-5-7-15;/h8-11,15H,3-7,12-13H2,1-2H3,(H2,18,19,20);1H. The van der Waals surface area contributed by atoms with Gasteiger partial charge in [-0.1, -0.05) is 37.0 Å². The number of rotatable bonds is 5. The van der Waals surface area contributed by atoms with Crippen LogP contribution in [0.3, 0.4) is 0 Å². The van der Waals surface area contributed by atoms with E-state index in [9.17, 15) is 0 Å². The minimum absolute atomic E-state index is 0. The third-order valence-corrected chi connectivity index (χ3v) is 3.85. The maximum Gasteiger partial charge on any atom is 0.191 e. The molecule has 1 aliphatic rings. The van der Waals surface area contributed by atoms with Gasteiger partial charge in [-0.05, 0) is 31.9 Å². The molecule has 2 N–H and O–H groups in total. The molecule has 1 aromatic rings. The number of halogens is 1. The molecule has 5 heteroatoms. The molecule has 1 fully saturated rings. The number of guanidine groups is 1. The first kappa shape index (κ1) is 19.1. The molecule has 0 heterocycles. The summed E-state index contributed by atoms with van der Waals surface area (Å²) in [7, 11) is 1.82. The van der Waals surface area contributed by atoms with Crippen LogP contribution >= 0.6 is 24.0 Å². The van der Waals surface area contributed by atoms with Crippen molar-refractivity contribution in [3.05, 3.63) is 29.8 Å². The fourth-order valence-electron chi connectivity index (χ4n) is 2.61. The Kier molecular flexibility index (Phi) is 9.27. The quantitative estimate of drug-likeness (QED) is 0.334. The van der Waals surface area contributed by atoms with E-state index >= 15 is 0 Å². The summed E-state index contributed by atoms with van der Waals surface area (Å²) in [6.45, 7) is 3.46. The second kappa shape index (κ2) is 10.7. The summed E-state index contributed by atoms with van der Waals surface area (Å²) in [6, 6.07) is 8.70. The van der Waals surface area contributed by atoms with Gasteiger partial charge in [0, 0.05) is 13.1 Å². The van der Waals surface area contributed by atoms with Gasteiger partial charge in [0.2, 0.25) is 0 Å². The second-order valence-electron chi connectivity index (χ2n) is 5.64. The van der Waals surface area contributed by atoms with Crippen molar-refractivity contribution >= 4 is 29.9 Å². The highest BCUT2D eigenvalue weighted by Crippen LogP contribution is 2.17. The van der Waals surface area contributed by atoms with Crippen LogP contribution in [0.25, 0.3) is 0 Å². The van der Waals surface area contributed by atoms with Crippen LogP contribution in [0.4, 0.5) is 0 Å². The Hall–Kier alpha value is -0.980. The highest BCUT2D eigenvalue weighted by atomic mass is 127. The summed E-state index contributed by atoms with van der Waals surface area (Å²) in [4.78, 5) is 4.28. The van der Waals surface area contributed by atoms with Crippen LogP contribution in [0.1, 0.15) is 37.7 Å². The number of aliphatic imine (C=N–C) groups is 1. The maximum atomic E-state index is 5.70. The van der Waals surface area contributed by atoms with Crippen LogP contribution in [0.5, 0.6) is 5.75 Å². The molecule has 0 aliphatic heterocycles. The van der Waals surface area contributed by atoms with Gasteiger partial charge in [0.1, 0.15) is 12.4 Å². The van der Waals surface area contributed by atoms with Gasteiger partial charge < -0.3 is 15.4 Å². The van der Waals surface area contributed by atoms with Crippen LogP contribution < -0.4 is 15.4 Å². The van der Waals surface area contributed by atoms with Crippen LogP contribution in [0.2, 0.25) is 0 Å². The SMILES string of the molecule is CN=C(NCCOc1ccc(C)cc1)NC1CCCCC1.I. The largest absolute Gasteiger partial charge is 0.492 e. The number of nitrogens with one attached hydrogen (secondary N) is 2. The molecule has 0 aromatic heterocycles. The Labute approximate surface area is 151 Å². The van der Waals surface area contributed by atoms with Gasteiger partial charge in [0.25, 0.3) is 0 Å². The third kappa shape index (κ3) is 6.85. The number of benzene rings is 1. The zero-order chi connectivity index (χ0) is 14.9. The monoisotopic (exact) mass is 417 g/mol. The molecule has 1 aromatic carbocycles. The van der Waals surface area contributed by atoms with E-state index in [1.165, 1.54) is 37.7 Å². The molecule has 2 rings (SSSR count). The lowest BCUT2D eigenvalue weighted by Gasteiger charge is -2.24. The fourth-order valence-corrected chi connectivity index (χ4v) is 2.61. The lowest BCUT2D eigenvalue weighted by molar-refractivity contribution is 0.321. The summed E-state index contributed by atoms with van der Waals surface area (Å²) < 4.78 is 5.70. The molecule has 0 atom stereocenters. The number of hydrogen-bond donors (Lipinski definition) is 2. The normalized spacial score (nSPS) is 15.8. The minimum atomic E-state index is 0. The summed E-state index contributed by atoms with van der Waals surface area (Å²) in [5.41, 5.74) is 1.25. The number of hydrogen-bond acceptors (Lipinski definition) is 2. The van der Waals surface area contributed by atoms with Crippen molar-refractivity contribution < 1.29 is 4.74 Å². The Balaban J connectivity index is 0.00000242. The van der Waals surface area contributed by atoms with Crippen molar-refractivity contribution in [3.8, 4) is 5.75 Å². The molecule has 0 saturated heterocycles. The first-order chi connectivity index (χ1) is 10.3. The molecule has 0 spiro atoms. The number of aryl methyl sites for hydroxylation is 1. The van der Waals surface area contributed by atoms with Gasteiger partial charge in [-0.25, -0.2) is 0 Å². The van der Waals surface area contributed by atoms with Gasteiger partial charge in [-0.3, -0.25) is 4.99 Å². The van der Waals surface area contributed by atoms with E-state index in [0.717, 1.165) is 18.3 Å². The molecule has 22 heavy (non-hydrogen) atoms. The summed E-state index contributed by atoms with van der Waals surface area (Å²) in [5.74, 6) is 1.80. The molecule has 4 nitrogen and oxygen atoms in total. The van der Waals surface area contributed by atoms with Gasteiger partial charge >= 0.3 is 0 Å².